The molecule has 0 N–H and O–H groups in total. The summed E-state index contributed by atoms with van der Waals surface area (Å²) in [4.78, 5) is 5.50. The molecule has 0 saturated heterocycles. The highest BCUT2D eigenvalue weighted by atomic mass is 32.1. The fourth-order valence-electron chi connectivity index (χ4n) is 1.86. The Labute approximate surface area is 110 Å². The molecule has 2 aromatic heterocycles. The van der Waals surface area contributed by atoms with Crippen molar-refractivity contribution in [3.63, 3.8) is 0 Å². The second-order valence-electron chi connectivity index (χ2n) is 4.11. The Bertz CT molecular complexity index is 628. The summed E-state index contributed by atoms with van der Waals surface area (Å²) in [6.45, 7) is 2.66. The largest absolute Gasteiger partial charge is 0.487 e. The average molecular weight is 258 g/mol. The zero-order valence-electron chi connectivity index (χ0n) is 10.2. The first kappa shape index (κ1) is 11.3. The van der Waals surface area contributed by atoms with Crippen LogP contribution in [0, 0.1) is 0 Å². The van der Waals surface area contributed by atoms with E-state index < -0.39 is 0 Å². The van der Waals surface area contributed by atoms with E-state index in [1.807, 2.05) is 34.3 Å². The maximum atomic E-state index is 5.76. The van der Waals surface area contributed by atoms with Crippen LogP contribution < -0.4 is 4.74 Å². The predicted molar refractivity (Wildman–Crippen MR) is 73.2 cm³/mol. The van der Waals surface area contributed by atoms with Gasteiger partial charge in [0.05, 0.1) is 5.69 Å². The molecule has 3 nitrogen and oxygen atoms in total. The molecule has 2 heterocycles. The van der Waals surface area contributed by atoms with E-state index in [1.165, 1.54) is 5.56 Å². The lowest BCUT2D eigenvalue weighted by Gasteiger charge is -2.05. The van der Waals surface area contributed by atoms with Crippen LogP contribution in [-0.4, -0.2) is 9.38 Å². The van der Waals surface area contributed by atoms with E-state index in [2.05, 4.69) is 24.0 Å². The maximum absolute atomic E-state index is 5.76. The van der Waals surface area contributed by atoms with Crippen molar-refractivity contribution in [2.24, 2.45) is 0 Å². The van der Waals surface area contributed by atoms with Gasteiger partial charge in [0.1, 0.15) is 12.4 Å². The van der Waals surface area contributed by atoms with E-state index in [-0.39, 0.29) is 0 Å². The fourth-order valence-corrected chi connectivity index (χ4v) is 2.58. The second-order valence-corrected chi connectivity index (χ2v) is 4.99. The highest BCUT2D eigenvalue weighted by Crippen LogP contribution is 2.16. The SMILES string of the molecule is CCc1cccc(OCc2cn3ccsc3n2)c1. The van der Waals surface area contributed by atoms with Crippen LogP contribution in [0.1, 0.15) is 18.2 Å². The molecule has 0 atom stereocenters. The molecule has 18 heavy (non-hydrogen) atoms. The van der Waals surface area contributed by atoms with Crippen LogP contribution in [0.5, 0.6) is 5.75 Å². The number of fused-ring (bicyclic) bond motifs is 1. The highest BCUT2D eigenvalue weighted by Gasteiger charge is 2.03. The van der Waals surface area contributed by atoms with Crippen molar-refractivity contribution in [3.05, 3.63) is 53.3 Å². The molecule has 0 aliphatic heterocycles. The van der Waals surface area contributed by atoms with Gasteiger partial charge in [-0.2, -0.15) is 0 Å². The maximum Gasteiger partial charge on any atom is 0.193 e. The number of aryl methyl sites for hydroxylation is 1. The molecule has 0 amide bonds. The second kappa shape index (κ2) is 4.82. The average Bonchev–Trinajstić information content (AvgIpc) is 2.97. The Morgan fingerprint density at radius 2 is 2.33 bits per heavy atom. The summed E-state index contributed by atoms with van der Waals surface area (Å²) in [5, 5.41) is 2.03. The first-order valence-corrected chi connectivity index (χ1v) is 6.86. The molecule has 3 rings (SSSR count). The third kappa shape index (κ3) is 2.24. The van der Waals surface area contributed by atoms with Crippen LogP contribution in [0.3, 0.4) is 0 Å². The van der Waals surface area contributed by atoms with E-state index in [0.717, 1.165) is 22.8 Å². The molecule has 4 heteroatoms. The summed E-state index contributed by atoms with van der Waals surface area (Å²) < 4.78 is 7.78. The van der Waals surface area contributed by atoms with Gasteiger partial charge in [0.2, 0.25) is 0 Å². The van der Waals surface area contributed by atoms with Crippen LogP contribution >= 0.6 is 11.3 Å². The van der Waals surface area contributed by atoms with Gasteiger partial charge in [0, 0.05) is 17.8 Å². The Kier molecular flexibility index (Phi) is 3.02. The molecule has 0 aliphatic rings. The molecule has 0 unspecified atom stereocenters. The minimum Gasteiger partial charge on any atom is -0.487 e. The van der Waals surface area contributed by atoms with Crippen LogP contribution in [0.15, 0.2) is 42.0 Å². The fraction of sp³-hybridized carbons (Fsp3) is 0.214. The minimum atomic E-state index is 0.515. The molecule has 1 aromatic carbocycles. The van der Waals surface area contributed by atoms with E-state index >= 15 is 0 Å². The first-order chi connectivity index (χ1) is 8.85. The smallest absolute Gasteiger partial charge is 0.193 e. The number of benzene rings is 1. The van der Waals surface area contributed by atoms with Crippen LogP contribution in [0.2, 0.25) is 0 Å². The molecular weight excluding hydrogens is 244 g/mol. The number of aromatic nitrogens is 2. The van der Waals surface area contributed by atoms with Gasteiger partial charge in [0.25, 0.3) is 0 Å². The predicted octanol–water partition coefficient (Wildman–Crippen LogP) is 3.54. The normalized spacial score (nSPS) is 10.9. The van der Waals surface area contributed by atoms with Gasteiger partial charge in [-0.25, -0.2) is 4.98 Å². The first-order valence-electron chi connectivity index (χ1n) is 5.98. The Morgan fingerprint density at radius 3 is 3.17 bits per heavy atom. The minimum absolute atomic E-state index is 0.515. The van der Waals surface area contributed by atoms with Crippen molar-refractivity contribution in [2.75, 3.05) is 0 Å². The van der Waals surface area contributed by atoms with Crippen molar-refractivity contribution in [1.29, 1.82) is 0 Å². The summed E-state index contributed by atoms with van der Waals surface area (Å²) in [7, 11) is 0. The van der Waals surface area contributed by atoms with E-state index in [0.29, 0.717) is 6.61 Å². The number of hydrogen-bond acceptors (Lipinski definition) is 3. The quantitative estimate of drug-likeness (QED) is 0.715. The standard InChI is InChI=1S/C14H14N2OS/c1-2-11-4-3-5-13(8-11)17-10-12-9-16-6-7-18-14(16)15-12/h3-9H,2,10H2,1H3. The van der Waals surface area contributed by atoms with Crippen molar-refractivity contribution >= 4 is 16.3 Å². The third-order valence-electron chi connectivity index (χ3n) is 2.84. The molecule has 0 spiro atoms. The number of imidazole rings is 1. The zero-order chi connectivity index (χ0) is 12.4. The van der Waals surface area contributed by atoms with Crippen LogP contribution in [-0.2, 0) is 13.0 Å². The van der Waals surface area contributed by atoms with Gasteiger partial charge in [-0.1, -0.05) is 19.1 Å². The molecule has 0 radical (unpaired) electrons. The highest BCUT2D eigenvalue weighted by molar-refractivity contribution is 7.15. The van der Waals surface area contributed by atoms with Crippen LogP contribution in [0.25, 0.3) is 4.96 Å². The lowest BCUT2D eigenvalue weighted by molar-refractivity contribution is 0.302. The van der Waals surface area contributed by atoms with E-state index in [9.17, 15) is 0 Å². The molecular formula is C14H14N2OS. The number of rotatable bonds is 4. The van der Waals surface area contributed by atoms with Crippen molar-refractivity contribution in [3.8, 4) is 5.75 Å². The van der Waals surface area contributed by atoms with Crippen LogP contribution in [0.4, 0.5) is 0 Å². The molecule has 92 valence electrons. The van der Waals surface area contributed by atoms with Gasteiger partial charge in [-0.3, -0.25) is 4.40 Å². The molecule has 0 aliphatic carbocycles. The number of thiazole rings is 1. The summed E-state index contributed by atoms with van der Waals surface area (Å²) in [6, 6.07) is 8.20. The Balaban J connectivity index is 1.71. The third-order valence-corrected chi connectivity index (χ3v) is 3.61. The summed E-state index contributed by atoms with van der Waals surface area (Å²) in [5.74, 6) is 0.908. The van der Waals surface area contributed by atoms with E-state index in [1.54, 1.807) is 11.3 Å². The molecule has 0 bridgehead atoms. The lowest BCUT2D eigenvalue weighted by Crippen LogP contribution is -1.96. The Morgan fingerprint density at radius 1 is 1.39 bits per heavy atom. The van der Waals surface area contributed by atoms with Gasteiger partial charge in [0.15, 0.2) is 4.96 Å². The summed E-state index contributed by atoms with van der Waals surface area (Å²) in [5.41, 5.74) is 2.25. The van der Waals surface area contributed by atoms with Gasteiger partial charge in [-0.05, 0) is 24.1 Å². The molecule has 0 fully saturated rings. The number of ether oxygens (including phenoxy) is 1. The Hall–Kier alpha value is -1.81. The van der Waals surface area contributed by atoms with Gasteiger partial charge in [-0.15, -0.1) is 11.3 Å². The van der Waals surface area contributed by atoms with Crippen molar-refractivity contribution < 1.29 is 4.74 Å². The topological polar surface area (TPSA) is 26.5 Å². The molecule has 3 aromatic rings. The lowest BCUT2D eigenvalue weighted by atomic mass is 10.2. The summed E-state index contributed by atoms with van der Waals surface area (Å²) >= 11 is 1.63. The van der Waals surface area contributed by atoms with Crippen molar-refractivity contribution in [1.82, 2.24) is 9.38 Å². The zero-order valence-corrected chi connectivity index (χ0v) is 11.0. The van der Waals surface area contributed by atoms with E-state index in [4.69, 9.17) is 4.74 Å². The molecule has 0 saturated carbocycles. The summed E-state index contributed by atoms with van der Waals surface area (Å²) in [6.07, 6.45) is 5.04. The number of hydrogen-bond donors (Lipinski definition) is 0. The van der Waals surface area contributed by atoms with Crippen molar-refractivity contribution in [2.45, 2.75) is 20.0 Å². The van der Waals surface area contributed by atoms with Gasteiger partial charge < -0.3 is 4.74 Å². The monoisotopic (exact) mass is 258 g/mol. The number of nitrogens with zero attached hydrogens (tertiary/aromatic N) is 2. The van der Waals surface area contributed by atoms with Gasteiger partial charge >= 0.3 is 0 Å².